The van der Waals surface area contributed by atoms with Crippen LogP contribution in [0.4, 0.5) is 5.69 Å². The predicted molar refractivity (Wildman–Crippen MR) is 115 cm³/mol. The molecule has 4 nitrogen and oxygen atoms in total. The molecule has 2 aromatic carbocycles. The van der Waals surface area contributed by atoms with Gasteiger partial charge in [-0.05, 0) is 73.1 Å². The highest BCUT2D eigenvalue weighted by molar-refractivity contribution is 9.10. The number of hydrogen-bond donors (Lipinski definition) is 1. The number of anilines is 1. The van der Waals surface area contributed by atoms with Crippen LogP contribution in [-0.2, 0) is 4.79 Å². The number of benzene rings is 2. The van der Waals surface area contributed by atoms with E-state index in [1.54, 1.807) is 16.4 Å². The van der Waals surface area contributed by atoms with Crippen LogP contribution in [0.1, 0.15) is 24.4 Å². The Balaban J connectivity index is 1.79. The van der Waals surface area contributed by atoms with Crippen molar-refractivity contribution in [3.05, 3.63) is 69.4 Å². The second kappa shape index (κ2) is 8.50. The summed E-state index contributed by atoms with van der Waals surface area (Å²) in [6.45, 7) is 5.70. The molecule has 1 amide bonds. The minimum atomic E-state index is -0.427. The quantitative estimate of drug-likeness (QED) is 0.484. The number of carbonyl (C=O) groups excluding carboxylic acids is 1. The Hall–Kier alpha value is -1.76. The van der Waals surface area contributed by atoms with Gasteiger partial charge in [-0.1, -0.05) is 35.5 Å². The predicted octanol–water partition coefficient (Wildman–Crippen LogP) is 6.27. The highest BCUT2D eigenvalue weighted by atomic mass is 79.9. The van der Waals surface area contributed by atoms with Crippen LogP contribution >= 0.6 is 39.3 Å². The minimum Gasteiger partial charge on any atom is -0.323 e. The van der Waals surface area contributed by atoms with E-state index in [0.29, 0.717) is 5.02 Å². The van der Waals surface area contributed by atoms with Crippen LogP contribution in [0.15, 0.2) is 62.8 Å². The van der Waals surface area contributed by atoms with Crippen molar-refractivity contribution in [2.24, 2.45) is 0 Å². The molecule has 3 rings (SSSR count). The van der Waals surface area contributed by atoms with E-state index in [-0.39, 0.29) is 5.91 Å². The molecule has 3 aromatic rings. The fourth-order valence-electron chi connectivity index (χ4n) is 2.66. The van der Waals surface area contributed by atoms with E-state index in [9.17, 15) is 4.79 Å². The second-order valence-electron chi connectivity index (χ2n) is 6.15. The lowest BCUT2D eigenvalue weighted by Crippen LogP contribution is -2.25. The lowest BCUT2D eigenvalue weighted by atomic mass is 10.2. The first kappa shape index (κ1) is 20.0. The Kier molecular flexibility index (Phi) is 6.29. The Bertz CT molecular complexity index is 972. The summed E-state index contributed by atoms with van der Waals surface area (Å²) < 4.78 is 2.67. The summed E-state index contributed by atoms with van der Waals surface area (Å²) in [6, 6.07) is 15.0. The van der Waals surface area contributed by atoms with Gasteiger partial charge in [0.05, 0.1) is 21.5 Å². The third kappa shape index (κ3) is 4.57. The summed E-state index contributed by atoms with van der Waals surface area (Å²) in [6.07, 6.45) is 0. The van der Waals surface area contributed by atoms with Crippen molar-refractivity contribution in [1.82, 2.24) is 9.78 Å². The Morgan fingerprint density at radius 3 is 2.48 bits per heavy atom. The number of rotatable bonds is 5. The van der Waals surface area contributed by atoms with Crippen molar-refractivity contribution in [3.8, 4) is 0 Å². The molecule has 7 heteroatoms. The number of halogens is 2. The van der Waals surface area contributed by atoms with Crippen LogP contribution in [0, 0.1) is 13.8 Å². The van der Waals surface area contributed by atoms with Crippen molar-refractivity contribution in [1.29, 1.82) is 0 Å². The molecule has 0 saturated heterocycles. The van der Waals surface area contributed by atoms with Crippen molar-refractivity contribution in [3.63, 3.8) is 0 Å². The molecular formula is C20H19BrClN3OS. The van der Waals surface area contributed by atoms with Crippen LogP contribution < -0.4 is 5.32 Å². The zero-order valence-electron chi connectivity index (χ0n) is 15.2. The summed E-state index contributed by atoms with van der Waals surface area (Å²) in [5.74, 6) is -0.114. The highest BCUT2D eigenvalue weighted by Gasteiger charge is 2.21. The molecule has 0 fully saturated rings. The average Bonchev–Trinajstić information content (AvgIpc) is 2.92. The molecule has 1 unspecified atom stereocenters. The number of hydrogen-bond acceptors (Lipinski definition) is 3. The van der Waals surface area contributed by atoms with E-state index in [4.69, 9.17) is 11.6 Å². The van der Waals surface area contributed by atoms with Crippen LogP contribution in [0.25, 0.3) is 0 Å². The monoisotopic (exact) mass is 463 g/mol. The maximum absolute atomic E-state index is 12.8. The van der Waals surface area contributed by atoms with Crippen LogP contribution in [0.5, 0.6) is 0 Å². The Morgan fingerprint density at radius 1 is 1.19 bits per heavy atom. The summed E-state index contributed by atoms with van der Waals surface area (Å²) in [4.78, 5) is 14.8. The fourth-order valence-corrected chi connectivity index (χ4v) is 3.95. The third-order valence-corrected chi connectivity index (χ3v) is 6.65. The molecule has 0 spiro atoms. The number of para-hydroxylation sites is 1. The Labute approximate surface area is 176 Å². The summed E-state index contributed by atoms with van der Waals surface area (Å²) in [7, 11) is 0. The number of amides is 1. The summed E-state index contributed by atoms with van der Waals surface area (Å²) in [5.41, 5.74) is 2.57. The van der Waals surface area contributed by atoms with Gasteiger partial charge < -0.3 is 5.32 Å². The normalized spacial score (nSPS) is 12.0. The van der Waals surface area contributed by atoms with Crippen LogP contribution in [0.2, 0.25) is 5.02 Å². The van der Waals surface area contributed by atoms with Crippen molar-refractivity contribution < 1.29 is 4.79 Å². The number of aromatic nitrogens is 2. The van der Waals surface area contributed by atoms with E-state index in [1.165, 1.54) is 0 Å². The van der Waals surface area contributed by atoms with Crippen molar-refractivity contribution >= 4 is 50.9 Å². The van der Waals surface area contributed by atoms with Gasteiger partial charge in [0.15, 0.2) is 0 Å². The highest BCUT2D eigenvalue weighted by Crippen LogP contribution is 2.34. The van der Waals surface area contributed by atoms with E-state index in [0.717, 1.165) is 31.3 Å². The maximum Gasteiger partial charge on any atom is 0.248 e. The van der Waals surface area contributed by atoms with E-state index in [1.807, 2.05) is 69.3 Å². The molecule has 0 bridgehead atoms. The maximum atomic E-state index is 12.8. The smallest absolute Gasteiger partial charge is 0.248 e. The van der Waals surface area contributed by atoms with Gasteiger partial charge in [-0.15, -0.1) is 0 Å². The van der Waals surface area contributed by atoms with Crippen LogP contribution in [0.3, 0.4) is 0 Å². The molecule has 1 atom stereocenters. The summed E-state index contributed by atoms with van der Waals surface area (Å²) in [5, 5.41) is 8.20. The molecule has 0 aliphatic carbocycles. The van der Waals surface area contributed by atoms with Gasteiger partial charge in [-0.2, -0.15) is 5.10 Å². The van der Waals surface area contributed by atoms with Gasteiger partial charge in [-0.25, -0.2) is 0 Å². The Morgan fingerprint density at radius 2 is 1.85 bits per heavy atom. The summed E-state index contributed by atoms with van der Waals surface area (Å²) >= 11 is 11.0. The molecule has 0 radical (unpaired) electrons. The first-order valence-corrected chi connectivity index (χ1v) is 10.4. The topological polar surface area (TPSA) is 46.9 Å². The molecule has 1 aromatic heterocycles. The van der Waals surface area contributed by atoms with Crippen molar-refractivity contribution in [2.45, 2.75) is 36.6 Å². The zero-order chi connectivity index (χ0) is 19.6. The zero-order valence-corrected chi connectivity index (χ0v) is 18.3. The molecule has 0 aliphatic rings. The van der Waals surface area contributed by atoms with Gasteiger partial charge in [0.1, 0.15) is 6.04 Å². The first-order valence-electron chi connectivity index (χ1n) is 8.41. The standard InChI is InChI=1S/C20H19BrClN3OS/c1-12-19(21)13(2)25(24-12)14(3)20(26)23-17-6-4-5-7-18(17)27-16-10-8-15(22)9-11-16/h4-11,14H,1-3H3,(H,23,26). The van der Waals surface area contributed by atoms with E-state index < -0.39 is 6.04 Å². The first-order chi connectivity index (χ1) is 12.9. The molecule has 27 heavy (non-hydrogen) atoms. The SMILES string of the molecule is Cc1nn(C(C)C(=O)Nc2ccccc2Sc2ccc(Cl)cc2)c(C)c1Br. The van der Waals surface area contributed by atoms with Crippen LogP contribution in [-0.4, -0.2) is 15.7 Å². The van der Waals surface area contributed by atoms with Gasteiger partial charge >= 0.3 is 0 Å². The molecule has 0 saturated carbocycles. The molecule has 1 heterocycles. The van der Waals surface area contributed by atoms with Gasteiger partial charge in [-0.3, -0.25) is 9.48 Å². The molecule has 1 N–H and O–H groups in total. The number of nitrogens with one attached hydrogen (secondary N) is 1. The fraction of sp³-hybridized carbons (Fsp3) is 0.200. The van der Waals surface area contributed by atoms with Gasteiger partial charge in [0.25, 0.3) is 0 Å². The largest absolute Gasteiger partial charge is 0.323 e. The van der Waals surface area contributed by atoms with E-state index >= 15 is 0 Å². The van der Waals surface area contributed by atoms with Gasteiger partial charge in [0.2, 0.25) is 5.91 Å². The number of nitrogens with zero attached hydrogens (tertiary/aromatic N) is 2. The lowest BCUT2D eigenvalue weighted by molar-refractivity contribution is -0.119. The third-order valence-electron chi connectivity index (χ3n) is 4.17. The molecule has 140 valence electrons. The molecule has 0 aliphatic heterocycles. The second-order valence-corrected chi connectivity index (χ2v) is 8.49. The number of carbonyl (C=O) groups is 1. The minimum absolute atomic E-state index is 0.114. The number of aryl methyl sites for hydroxylation is 1. The average molecular weight is 465 g/mol. The lowest BCUT2D eigenvalue weighted by Gasteiger charge is -2.16. The van der Waals surface area contributed by atoms with Gasteiger partial charge in [0, 0.05) is 14.8 Å². The van der Waals surface area contributed by atoms with E-state index in [2.05, 4.69) is 26.3 Å². The van der Waals surface area contributed by atoms with Crippen molar-refractivity contribution in [2.75, 3.05) is 5.32 Å². The molecular weight excluding hydrogens is 446 g/mol.